The van der Waals surface area contributed by atoms with Crippen LogP contribution in [0, 0.1) is 5.82 Å². The minimum absolute atomic E-state index is 0.0868. The second-order valence-corrected chi connectivity index (χ2v) is 7.77. The van der Waals surface area contributed by atoms with E-state index in [1.165, 1.54) is 0 Å². The Bertz CT molecular complexity index is 818. The highest BCUT2D eigenvalue weighted by atomic mass is 35.5. The Balaban J connectivity index is 1.49. The van der Waals surface area contributed by atoms with E-state index in [1.807, 2.05) is 19.1 Å². The van der Waals surface area contributed by atoms with Gasteiger partial charge in [-0.2, -0.15) is 13.2 Å². The first-order valence-electron chi connectivity index (χ1n) is 9.31. The van der Waals surface area contributed by atoms with E-state index in [0.717, 1.165) is 43.8 Å². The third kappa shape index (κ3) is 6.00. The summed E-state index contributed by atoms with van der Waals surface area (Å²) in [5, 5.41) is 0.646. The Morgan fingerprint density at radius 2 is 1.72 bits per heavy atom. The molecule has 2 aromatic rings. The van der Waals surface area contributed by atoms with Crippen molar-refractivity contribution in [1.29, 1.82) is 0 Å². The normalized spacial score (nSPS) is 17.2. The molecule has 0 saturated carbocycles. The van der Waals surface area contributed by atoms with Gasteiger partial charge in [-0.1, -0.05) is 11.6 Å². The lowest BCUT2D eigenvalue weighted by Crippen LogP contribution is -2.47. The molecule has 1 aliphatic heterocycles. The summed E-state index contributed by atoms with van der Waals surface area (Å²) in [5.74, 6) is -0.544. The van der Waals surface area contributed by atoms with E-state index < -0.39 is 17.6 Å². The van der Waals surface area contributed by atoms with Gasteiger partial charge in [-0.15, -0.1) is 0 Å². The number of nitrogens with zero attached hydrogens (tertiary/aromatic N) is 1. The molecule has 0 spiro atoms. The van der Waals surface area contributed by atoms with Gasteiger partial charge < -0.3 is 9.47 Å². The summed E-state index contributed by atoms with van der Waals surface area (Å²) >= 11 is 5.89. The summed E-state index contributed by atoms with van der Waals surface area (Å²) in [6.45, 7) is 4.09. The first-order valence-corrected chi connectivity index (χ1v) is 9.69. The van der Waals surface area contributed by atoms with Crippen LogP contribution in [0.1, 0.15) is 25.3 Å². The van der Waals surface area contributed by atoms with Crippen molar-refractivity contribution in [2.24, 2.45) is 0 Å². The lowest BCUT2D eigenvalue weighted by atomic mass is 9.93. The molecule has 0 bridgehead atoms. The number of rotatable bonds is 6. The second-order valence-electron chi connectivity index (χ2n) is 7.33. The molecule has 0 aromatic heterocycles. The number of ether oxygens (including phenoxy) is 2. The topological polar surface area (TPSA) is 21.7 Å². The van der Waals surface area contributed by atoms with Gasteiger partial charge in [-0.05, 0) is 62.2 Å². The van der Waals surface area contributed by atoms with Gasteiger partial charge in [0.1, 0.15) is 35.1 Å². The standard InChI is InChI=1S/C21H22ClF4NO2/c1-20(29-17-5-2-15(22)3-6-17)8-10-27(11-9-20)12-13-28-19-7-4-16(23)14-18(19)21(24,25)26/h2-7,14H,8-13H2,1H3. The Kier molecular flexibility index (Phi) is 6.58. The molecule has 0 aliphatic carbocycles. The van der Waals surface area contributed by atoms with Crippen molar-refractivity contribution in [3.8, 4) is 11.5 Å². The highest BCUT2D eigenvalue weighted by Gasteiger charge is 2.35. The van der Waals surface area contributed by atoms with Crippen molar-refractivity contribution >= 4 is 11.6 Å². The maximum absolute atomic E-state index is 13.2. The fourth-order valence-electron chi connectivity index (χ4n) is 3.27. The van der Waals surface area contributed by atoms with E-state index in [-0.39, 0.29) is 18.0 Å². The van der Waals surface area contributed by atoms with Gasteiger partial charge in [0.25, 0.3) is 0 Å². The molecule has 1 saturated heterocycles. The van der Waals surface area contributed by atoms with Crippen molar-refractivity contribution in [2.45, 2.75) is 31.5 Å². The Hall–Kier alpha value is -1.99. The van der Waals surface area contributed by atoms with Gasteiger partial charge in [-0.25, -0.2) is 4.39 Å². The van der Waals surface area contributed by atoms with E-state index in [4.69, 9.17) is 21.1 Å². The van der Waals surface area contributed by atoms with Crippen LogP contribution < -0.4 is 9.47 Å². The Morgan fingerprint density at radius 1 is 1.07 bits per heavy atom. The molecule has 1 fully saturated rings. The van der Waals surface area contributed by atoms with Gasteiger partial charge >= 0.3 is 6.18 Å². The number of hydrogen-bond acceptors (Lipinski definition) is 3. The minimum Gasteiger partial charge on any atom is -0.492 e. The zero-order chi connectivity index (χ0) is 21.1. The molecular weight excluding hydrogens is 410 g/mol. The minimum atomic E-state index is -4.66. The largest absolute Gasteiger partial charge is 0.492 e. The zero-order valence-electron chi connectivity index (χ0n) is 15.9. The van der Waals surface area contributed by atoms with E-state index in [1.54, 1.807) is 12.1 Å². The summed E-state index contributed by atoms with van der Waals surface area (Å²) in [6.07, 6.45) is -3.11. The van der Waals surface area contributed by atoms with Crippen LogP contribution in [0.5, 0.6) is 11.5 Å². The molecule has 0 N–H and O–H groups in total. The smallest absolute Gasteiger partial charge is 0.420 e. The summed E-state index contributed by atoms with van der Waals surface area (Å²) in [5.41, 5.74) is -1.41. The summed E-state index contributed by atoms with van der Waals surface area (Å²) in [6, 6.07) is 9.64. The van der Waals surface area contributed by atoms with Crippen LogP contribution in [-0.2, 0) is 6.18 Å². The molecule has 1 heterocycles. The number of benzene rings is 2. The highest BCUT2D eigenvalue weighted by Crippen LogP contribution is 2.36. The van der Waals surface area contributed by atoms with Crippen LogP contribution >= 0.6 is 11.6 Å². The number of piperidine rings is 1. The van der Waals surface area contributed by atoms with E-state index in [0.29, 0.717) is 17.6 Å². The van der Waals surface area contributed by atoms with Crippen molar-refractivity contribution < 1.29 is 27.0 Å². The molecule has 1 aliphatic rings. The lowest BCUT2D eigenvalue weighted by Gasteiger charge is -2.39. The molecule has 0 atom stereocenters. The summed E-state index contributed by atoms with van der Waals surface area (Å²) < 4.78 is 63.6. The average Bonchev–Trinajstić information content (AvgIpc) is 2.66. The van der Waals surface area contributed by atoms with Crippen LogP contribution in [0.2, 0.25) is 5.02 Å². The molecule has 158 valence electrons. The average molecular weight is 432 g/mol. The molecule has 0 radical (unpaired) electrons. The second kappa shape index (κ2) is 8.79. The monoisotopic (exact) mass is 431 g/mol. The van der Waals surface area contributed by atoms with Crippen LogP contribution in [0.15, 0.2) is 42.5 Å². The van der Waals surface area contributed by atoms with E-state index >= 15 is 0 Å². The van der Waals surface area contributed by atoms with Gasteiger partial charge in [0.2, 0.25) is 0 Å². The molecule has 3 nitrogen and oxygen atoms in total. The predicted molar refractivity (Wildman–Crippen MR) is 103 cm³/mol. The third-order valence-corrected chi connectivity index (χ3v) is 5.26. The molecule has 29 heavy (non-hydrogen) atoms. The molecule has 0 amide bonds. The first-order chi connectivity index (χ1) is 13.6. The maximum atomic E-state index is 13.2. The molecule has 3 rings (SSSR count). The summed E-state index contributed by atoms with van der Waals surface area (Å²) in [4.78, 5) is 2.11. The maximum Gasteiger partial charge on any atom is 0.420 e. The lowest BCUT2D eigenvalue weighted by molar-refractivity contribution is -0.139. The van der Waals surface area contributed by atoms with E-state index in [2.05, 4.69) is 4.90 Å². The Labute approximate surface area is 172 Å². The number of hydrogen-bond donors (Lipinski definition) is 0. The predicted octanol–water partition coefficient (Wildman–Crippen LogP) is 5.81. The molecular formula is C21H22ClF4NO2. The zero-order valence-corrected chi connectivity index (χ0v) is 16.7. The van der Waals surface area contributed by atoms with Crippen LogP contribution in [0.3, 0.4) is 0 Å². The number of halogens is 5. The number of alkyl halides is 3. The van der Waals surface area contributed by atoms with E-state index in [9.17, 15) is 17.6 Å². The Morgan fingerprint density at radius 3 is 2.34 bits per heavy atom. The van der Waals surface area contributed by atoms with Crippen LogP contribution in [0.4, 0.5) is 17.6 Å². The van der Waals surface area contributed by atoms with Crippen LogP contribution in [0.25, 0.3) is 0 Å². The fraction of sp³-hybridized carbons (Fsp3) is 0.429. The van der Waals surface area contributed by atoms with Gasteiger partial charge in [-0.3, -0.25) is 4.90 Å². The first kappa shape index (κ1) is 21.7. The van der Waals surface area contributed by atoms with Gasteiger partial charge in [0, 0.05) is 24.7 Å². The van der Waals surface area contributed by atoms with Crippen molar-refractivity contribution in [3.63, 3.8) is 0 Å². The van der Waals surface area contributed by atoms with Crippen LogP contribution in [-0.4, -0.2) is 36.7 Å². The molecule has 2 aromatic carbocycles. The quantitative estimate of drug-likeness (QED) is 0.539. The van der Waals surface area contributed by atoms with Crippen molar-refractivity contribution in [2.75, 3.05) is 26.2 Å². The SMILES string of the molecule is CC1(Oc2ccc(Cl)cc2)CCN(CCOc2ccc(F)cc2C(F)(F)F)CC1. The highest BCUT2D eigenvalue weighted by molar-refractivity contribution is 6.30. The number of likely N-dealkylation sites (tertiary alicyclic amines) is 1. The van der Waals surface area contributed by atoms with Crippen molar-refractivity contribution in [1.82, 2.24) is 4.90 Å². The third-order valence-electron chi connectivity index (χ3n) is 5.00. The molecule has 8 heteroatoms. The van der Waals surface area contributed by atoms with Gasteiger partial charge in [0.15, 0.2) is 0 Å². The van der Waals surface area contributed by atoms with Crippen molar-refractivity contribution in [3.05, 3.63) is 58.9 Å². The fourth-order valence-corrected chi connectivity index (χ4v) is 3.40. The summed E-state index contributed by atoms with van der Waals surface area (Å²) in [7, 11) is 0. The molecule has 0 unspecified atom stereocenters. The van der Waals surface area contributed by atoms with Gasteiger partial charge in [0.05, 0.1) is 0 Å².